The molecule has 1 unspecified atom stereocenters. The number of likely N-dealkylation sites (tertiary alicyclic amines) is 1. The molecule has 1 saturated heterocycles. The molecular formula is C17H25IN2. The molecule has 3 rings (SSSR count). The van der Waals surface area contributed by atoms with E-state index in [1.165, 1.54) is 54.5 Å². The lowest BCUT2D eigenvalue weighted by atomic mass is 10.00. The molecule has 1 atom stereocenters. The lowest BCUT2D eigenvalue weighted by Crippen LogP contribution is -2.43. The van der Waals surface area contributed by atoms with Crippen LogP contribution in [0.25, 0.3) is 0 Å². The monoisotopic (exact) mass is 384 g/mol. The van der Waals surface area contributed by atoms with Crippen molar-refractivity contribution in [2.45, 2.75) is 44.7 Å². The van der Waals surface area contributed by atoms with E-state index in [0.29, 0.717) is 6.04 Å². The van der Waals surface area contributed by atoms with E-state index in [2.05, 4.69) is 64.0 Å². The molecule has 0 aromatic heterocycles. The molecule has 2 nitrogen and oxygen atoms in total. The van der Waals surface area contributed by atoms with Gasteiger partial charge in [0.2, 0.25) is 0 Å². The van der Waals surface area contributed by atoms with E-state index < -0.39 is 0 Å². The van der Waals surface area contributed by atoms with Gasteiger partial charge in [0, 0.05) is 28.7 Å². The molecule has 3 heteroatoms. The first-order valence-electron chi connectivity index (χ1n) is 7.95. The van der Waals surface area contributed by atoms with Gasteiger partial charge in [0.1, 0.15) is 0 Å². The van der Waals surface area contributed by atoms with Crippen molar-refractivity contribution in [1.82, 2.24) is 10.2 Å². The molecule has 1 aromatic carbocycles. The van der Waals surface area contributed by atoms with Crippen molar-refractivity contribution in [3.8, 4) is 0 Å². The lowest BCUT2D eigenvalue weighted by Gasteiger charge is -2.36. The second-order valence-corrected chi connectivity index (χ2v) is 7.64. The molecule has 1 N–H and O–H groups in total. The van der Waals surface area contributed by atoms with Crippen LogP contribution in [0.4, 0.5) is 0 Å². The Labute approximate surface area is 136 Å². The topological polar surface area (TPSA) is 15.3 Å². The van der Waals surface area contributed by atoms with Gasteiger partial charge in [0.15, 0.2) is 0 Å². The van der Waals surface area contributed by atoms with Crippen LogP contribution >= 0.6 is 22.6 Å². The Morgan fingerprint density at radius 2 is 1.80 bits per heavy atom. The number of benzene rings is 1. The summed E-state index contributed by atoms with van der Waals surface area (Å²) in [7, 11) is 0. The van der Waals surface area contributed by atoms with Crippen molar-refractivity contribution in [1.29, 1.82) is 0 Å². The SMILES string of the molecule is CC(c1ccc(I)cc1)N1CCC(NCC2CC2)CC1. The van der Waals surface area contributed by atoms with Gasteiger partial charge < -0.3 is 5.32 Å². The van der Waals surface area contributed by atoms with E-state index in [1.54, 1.807) is 0 Å². The largest absolute Gasteiger partial charge is 0.314 e. The Kier molecular flexibility index (Phi) is 5.00. The smallest absolute Gasteiger partial charge is 0.0319 e. The molecule has 0 spiro atoms. The van der Waals surface area contributed by atoms with Crippen LogP contribution in [0.2, 0.25) is 0 Å². The fraction of sp³-hybridized carbons (Fsp3) is 0.647. The number of piperidine rings is 1. The van der Waals surface area contributed by atoms with E-state index in [1.807, 2.05) is 0 Å². The Bertz CT molecular complexity index is 419. The van der Waals surface area contributed by atoms with Crippen LogP contribution in [0.5, 0.6) is 0 Å². The fourth-order valence-electron chi connectivity index (χ4n) is 3.10. The highest BCUT2D eigenvalue weighted by Gasteiger charge is 2.26. The van der Waals surface area contributed by atoms with Crippen molar-refractivity contribution in [2.24, 2.45) is 5.92 Å². The Morgan fingerprint density at radius 1 is 1.15 bits per heavy atom. The second kappa shape index (κ2) is 6.75. The molecular weight excluding hydrogens is 359 g/mol. The summed E-state index contributed by atoms with van der Waals surface area (Å²) >= 11 is 2.37. The normalized spacial score (nSPS) is 22.9. The van der Waals surface area contributed by atoms with E-state index in [-0.39, 0.29) is 0 Å². The van der Waals surface area contributed by atoms with Crippen LogP contribution in [-0.4, -0.2) is 30.6 Å². The number of rotatable bonds is 5. The molecule has 0 radical (unpaired) electrons. The van der Waals surface area contributed by atoms with E-state index in [0.717, 1.165) is 12.0 Å². The summed E-state index contributed by atoms with van der Waals surface area (Å²) in [6, 6.07) is 10.3. The van der Waals surface area contributed by atoms with Crippen molar-refractivity contribution in [2.75, 3.05) is 19.6 Å². The number of nitrogens with one attached hydrogen (secondary N) is 1. The molecule has 1 heterocycles. The highest BCUT2D eigenvalue weighted by molar-refractivity contribution is 14.1. The first-order valence-corrected chi connectivity index (χ1v) is 9.03. The average molecular weight is 384 g/mol. The average Bonchev–Trinajstić information content (AvgIpc) is 3.30. The summed E-state index contributed by atoms with van der Waals surface area (Å²) in [5.74, 6) is 0.999. The maximum atomic E-state index is 3.76. The van der Waals surface area contributed by atoms with Crippen molar-refractivity contribution in [3.63, 3.8) is 0 Å². The third-order valence-electron chi connectivity index (χ3n) is 4.82. The summed E-state index contributed by atoms with van der Waals surface area (Å²) < 4.78 is 1.32. The van der Waals surface area contributed by atoms with Crippen LogP contribution in [0, 0.1) is 9.49 Å². The number of nitrogens with zero attached hydrogens (tertiary/aromatic N) is 1. The van der Waals surface area contributed by atoms with Crippen LogP contribution in [0.15, 0.2) is 24.3 Å². The standard InChI is InChI=1S/C17H25IN2/c1-13(15-4-6-16(18)7-5-15)20-10-8-17(9-11-20)19-12-14-2-3-14/h4-7,13-14,17,19H,2-3,8-12H2,1H3. The van der Waals surface area contributed by atoms with Gasteiger partial charge in [-0.25, -0.2) is 0 Å². The summed E-state index contributed by atoms with van der Waals surface area (Å²) in [6.07, 6.45) is 5.52. The molecule has 110 valence electrons. The lowest BCUT2D eigenvalue weighted by molar-refractivity contribution is 0.152. The summed E-state index contributed by atoms with van der Waals surface area (Å²) in [4.78, 5) is 2.64. The predicted octanol–water partition coefficient (Wildman–Crippen LogP) is 3.82. The van der Waals surface area contributed by atoms with Gasteiger partial charge in [-0.3, -0.25) is 4.90 Å². The van der Waals surface area contributed by atoms with Crippen LogP contribution in [0.1, 0.15) is 44.2 Å². The van der Waals surface area contributed by atoms with E-state index in [4.69, 9.17) is 0 Å². The summed E-state index contributed by atoms with van der Waals surface area (Å²) in [5.41, 5.74) is 1.45. The first kappa shape index (κ1) is 14.8. The van der Waals surface area contributed by atoms with Gasteiger partial charge in [-0.2, -0.15) is 0 Å². The Hall–Kier alpha value is -0.130. The first-order chi connectivity index (χ1) is 9.72. The fourth-order valence-corrected chi connectivity index (χ4v) is 3.46. The zero-order valence-corrected chi connectivity index (χ0v) is 14.5. The van der Waals surface area contributed by atoms with Crippen LogP contribution in [-0.2, 0) is 0 Å². The second-order valence-electron chi connectivity index (χ2n) is 6.39. The van der Waals surface area contributed by atoms with Gasteiger partial charge in [-0.05, 0) is 85.4 Å². The van der Waals surface area contributed by atoms with Gasteiger partial charge in [-0.15, -0.1) is 0 Å². The quantitative estimate of drug-likeness (QED) is 0.777. The molecule has 1 aromatic rings. The van der Waals surface area contributed by atoms with Gasteiger partial charge in [-0.1, -0.05) is 12.1 Å². The molecule has 1 aliphatic carbocycles. The highest BCUT2D eigenvalue weighted by Crippen LogP contribution is 2.29. The molecule has 1 saturated carbocycles. The van der Waals surface area contributed by atoms with Gasteiger partial charge >= 0.3 is 0 Å². The maximum Gasteiger partial charge on any atom is 0.0319 e. The van der Waals surface area contributed by atoms with Crippen molar-refractivity contribution < 1.29 is 0 Å². The minimum atomic E-state index is 0.552. The molecule has 2 aliphatic rings. The predicted molar refractivity (Wildman–Crippen MR) is 92.9 cm³/mol. The number of hydrogen-bond donors (Lipinski definition) is 1. The third kappa shape index (κ3) is 3.95. The molecule has 2 fully saturated rings. The highest BCUT2D eigenvalue weighted by atomic mass is 127. The number of hydrogen-bond acceptors (Lipinski definition) is 2. The minimum Gasteiger partial charge on any atom is -0.314 e. The maximum absolute atomic E-state index is 3.76. The molecule has 0 bridgehead atoms. The molecule has 20 heavy (non-hydrogen) atoms. The van der Waals surface area contributed by atoms with Gasteiger partial charge in [0.25, 0.3) is 0 Å². The minimum absolute atomic E-state index is 0.552. The molecule has 1 aliphatic heterocycles. The Morgan fingerprint density at radius 3 is 2.40 bits per heavy atom. The summed E-state index contributed by atoms with van der Waals surface area (Å²) in [5, 5.41) is 3.76. The zero-order valence-electron chi connectivity index (χ0n) is 12.3. The van der Waals surface area contributed by atoms with E-state index >= 15 is 0 Å². The van der Waals surface area contributed by atoms with Gasteiger partial charge in [0.05, 0.1) is 0 Å². The van der Waals surface area contributed by atoms with Crippen molar-refractivity contribution in [3.05, 3.63) is 33.4 Å². The van der Waals surface area contributed by atoms with Crippen LogP contribution in [0.3, 0.4) is 0 Å². The van der Waals surface area contributed by atoms with E-state index in [9.17, 15) is 0 Å². The zero-order chi connectivity index (χ0) is 13.9. The van der Waals surface area contributed by atoms with Crippen LogP contribution < -0.4 is 5.32 Å². The Balaban J connectivity index is 1.47. The molecule has 0 amide bonds. The summed E-state index contributed by atoms with van der Waals surface area (Å²) in [6.45, 7) is 6.07. The van der Waals surface area contributed by atoms with Crippen molar-refractivity contribution >= 4 is 22.6 Å². The number of halogens is 1. The third-order valence-corrected chi connectivity index (χ3v) is 5.54.